The van der Waals surface area contributed by atoms with E-state index in [9.17, 15) is 8.42 Å². The second kappa shape index (κ2) is 14.1. The first-order chi connectivity index (χ1) is 14.3. The molecule has 1 aromatic carbocycles. The van der Waals surface area contributed by atoms with E-state index in [0.717, 1.165) is 38.6 Å². The number of ether oxygens (including phenoxy) is 2. The minimum atomic E-state index is -2.98. The van der Waals surface area contributed by atoms with Gasteiger partial charge in [0.2, 0.25) is 0 Å². The first-order valence-electron chi connectivity index (χ1n) is 10.5. The summed E-state index contributed by atoms with van der Waals surface area (Å²) in [4.78, 5) is 7.22. The van der Waals surface area contributed by atoms with E-state index in [-0.39, 0.29) is 41.8 Å². The van der Waals surface area contributed by atoms with Crippen molar-refractivity contribution in [3.63, 3.8) is 0 Å². The van der Waals surface area contributed by atoms with Gasteiger partial charge in [0.15, 0.2) is 5.96 Å². The molecule has 0 bridgehead atoms. The van der Waals surface area contributed by atoms with Crippen LogP contribution in [0.15, 0.2) is 29.3 Å². The number of guanidine groups is 1. The molecule has 1 aliphatic rings. The third-order valence-electron chi connectivity index (χ3n) is 5.06. The number of nitrogens with one attached hydrogen (secondary N) is 2. The zero-order valence-electron chi connectivity index (χ0n) is 19.0. The van der Waals surface area contributed by atoms with Gasteiger partial charge in [-0.2, -0.15) is 0 Å². The van der Waals surface area contributed by atoms with Gasteiger partial charge in [0.25, 0.3) is 0 Å². The van der Waals surface area contributed by atoms with Gasteiger partial charge < -0.3 is 20.1 Å². The summed E-state index contributed by atoms with van der Waals surface area (Å²) in [6, 6.07) is 8.25. The maximum Gasteiger partial charge on any atom is 0.191 e. The van der Waals surface area contributed by atoms with Crippen molar-refractivity contribution in [1.82, 2.24) is 15.5 Å². The molecule has 2 unspecified atom stereocenters. The van der Waals surface area contributed by atoms with Gasteiger partial charge in [-0.25, -0.2) is 8.42 Å². The van der Waals surface area contributed by atoms with Crippen molar-refractivity contribution in [3.05, 3.63) is 29.8 Å². The van der Waals surface area contributed by atoms with Gasteiger partial charge in [-0.1, -0.05) is 12.1 Å². The molecule has 178 valence electrons. The zero-order valence-corrected chi connectivity index (χ0v) is 22.1. The van der Waals surface area contributed by atoms with Crippen molar-refractivity contribution in [3.8, 4) is 5.75 Å². The number of hydrogen-bond acceptors (Lipinski definition) is 6. The number of aliphatic imine (C=N–C) groups is 1. The third kappa shape index (κ3) is 10.4. The van der Waals surface area contributed by atoms with Crippen molar-refractivity contribution in [2.45, 2.75) is 32.4 Å². The van der Waals surface area contributed by atoms with Gasteiger partial charge in [0.05, 0.1) is 38.7 Å². The average Bonchev–Trinajstić information content (AvgIpc) is 2.73. The number of sulfone groups is 1. The number of rotatable bonds is 10. The fraction of sp³-hybridized carbons (Fsp3) is 0.667. The Morgan fingerprint density at radius 2 is 1.90 bits per heavy atom. The lowest BCUT2D eigenvalue weighted by atomic mass is 10.0. The number of methoxy groups -OCH3 is 1. The molecule has 1 saturated heterocycles. The Balaban J connectivity index is 0.00000480. The summed E-state index contributed by atoms with van der Waals surface area (Å²) in [5.41, 5.74) is 1.18. The highest BCUT2D eigenvalue weighted by Gasteiger charge is 2.23. The highest BCUT2D eigenvalue weighted by Crippen LogP contribution is 2.24. The molecule has 0 aromatic heterocycles. The van der Waals surface area contributed by atoms with Crippen LogP contribution >= 0.6 is 24.0 Å². The smallest absolute Gasteiger partial charge is 0.191 e. The molecule has 1 fully saturated rings. The molecule has 10 heteroatoms. The number of hydrogen-bond donors (Lipinski definition) is 2. The SMILES string of the molecule is CCNC(=NCC(c1ccc(OC)cc1)N1CCOCC1)NC(C)CCS(C)(=O)=O.I. The van der Waals surface area contributed by atoms with E-state index in [2.05, 4.69) is 27.7 Å². The highest BCUT2D eigenvalue weighted by atomic mass is 127. The molecule has 1 aliphatic heterocycles. The predicted octanol–water partition coefficient (Wildman–Crippen LogP) is 2.06. The summed E-state index contributed by atoms with van der Waals surface area (Å²) in [6.07, 6.45) is 1.80. The number of nitrogens with zero attached hydrogens (tertiary/aromatic N) is 2. The summed E-state index contributed by atoms with van der Waals surface area (Å²) in [5, 5.41) is 6.59. The largest absolute Gasteiger partial charge is 0.497 e. The molecule has 2 rings (SSSR count). The van der Waals surface area contributed by atoms with E-state index in [4.69, 9.17) is 14.5 Å². The van der Waals surface area contributed by atoms with Crippen LogP contribution in [0.5, 0.6) is 5.75 Å². The van der Waals surface area contributed by atoms with Gasteiger partial charge in [-0.05, 0) is 38.0 Å². The molecule has 0 aliphatic carbocycles. The molecule has 2 N–H and O–H groups in total. The quantitative estimate of drug-likeness (QED) is 0.254. The van der Waals surface area contributed by atoms with Crippen LogP contribution in [0, 0.1) is 0 Å². The van der Waals surface area contributed by atoms with Gasteiger partial charge in [-0.15, -0.1) is 24.0 Å². The molecule has 8 nitrogen and oxygen atoms in total. The Kier molecular flexibility index (Phi) is 12.7. The Hall–Kier alpha value is -1.11. The van der Waals surface area contributed by atoms with Crippen LogP contribution in [0.25, 0.3) is 0 Å². The molecular formula is C21H37IN4O4S. The fourth-order valence-corrected chi connectivity index (χ4v) is 4.12. The van der Waals surface area contributed by atoms with Crippen LogP contribution in [0.1, 0.15) is 31.9 Å². The Labute approximate surface area is 204 Å². The third-order valence-corrected chi connectivity index (χ3v) is 6.04. The van der Waals surface area contributed by atoms with Crippen LogP contribution < -0.4 is 15.4 Å². The van der Waals surface area contributed by atoms with Crippen LogP contribution in [-0.4, -0.2) is 83.8 Å². The lowest BCUT2D eigenvalue weighted by molar-refractivity contribution is 0.0179. The summed E-state index contributed by atoms with van der Waals surface area (Å²) in [7, 11) is -1.31. The molecular weight excluding hydrogens is 531 g/mol. The van der Waals surface area contributed by atoms with E-state index >= 15 is 0 Å². The van der Waals surface area contributed by atoms with E-state index in [1.165, 1.54) is 11.8 Å². The molecule has 0 radical (unpaired) electrons. The number of halogens is 1. The summed E-state index contributed by atoms with van der Waals surface area (Å²) in [6.45, 7) is 8.47. The molecule has 31 heavy (non-hydrogen) atoms. The molecule has 0 saturated carbocycles. The first-order valence-corrected chi connectivity index (χ1v) is 12.6. The van der Waals surface area contributed by atoms with Crippen LogP contribution in [0.3, 0.4) is 0 Å². The van der Waals surface area contributed by atoms with Crippen LogP contribution in [-0.2, 0) is 14.6 Å². The highest BCUT2D eigenvalue weighted by molar-refractivity contribution is 14.0. The Morgan fingerprint density at radius 1 is 1.26 bits per heavy atom. The molecule has 0 amide bonds. The maximum atomic E-state index is 11.4. The summed E-state index contributed by atoms with van der Waals surface area (Å²) < 4.78 is 33.7. The zero-order chi connectivity index (χ0) is 22.0. The van der Waals surface area contributed by atoms with Gasteiger partial charge in [-0.3, -0.25) is 9.89 Å². The second-order valence-corrected chi connectivity index (χ2v) is 9.88. The van der Waals surface area contributed by atoms with Crippen LogP contribution in [0.2, 0.25) is 0 Å². The lowest BCUT2D eigenvalue weighted by Crippen LogP contribution is -2.44. The first kappa shape index (κ1) is 27.9. The van der Waals surface area contributed by atoms with E-state index in [1.54, 1.807) is 7.11 Å². The van der Waals surface area contributed by atoms with Crippen LogP contribution in [0.4, 0.5) is 0 Å². The van der Waals surface area contributed by atoms with E-state index in [1.807, 2.05) is 26.0 Å². The topological polar surface area (TPSA) is 92.3 Å². The standard InChI is InChI=1S/C21H36N4O4S.HI/c1-5-22-21(24-17(2)10-15-30(4,26)27)23-16-20(25-11-13-29-14-12-25)18-6-8-19(28-3)9-7-18;/h6-9,17,20H,5,10-16H2,1-4H3,(H2,22,23,24);1H. The summed E-state index contributed by atoms with van der Waals surface area (Å²) in [5.74, 6) is 1.69. The van der Waals surface area contributed by atoms with Crippen molar-refractivity contribution in [2.24, 2.45) is 4.99 Å². The number of benzene rings is 1. The fourth-order valence-electron chi connectivity index (χ4n) is 3.34. The monoisotopic (exact) mass is 568 g/mol. The molecule has 1 heterocycles. The predicted molar refractivity (Wildman–Crippen MR) is 136 cm³/mol. The van der Waals surface area contributed by atoms with Crippen molar-refractivity contribution < 1.29 is 17.9 Å². The van der Waals surface area contributed by atoms with E-state index < -0.39 is 9.84 Å². The van der Waals surface area contributed by atoms with Crippen molar-refractivity contribution in [2.75, 3.05) is 58.5 Å². The lowest BCUT2D eigenvalue weighted by Gasteiger charge is -2.34. The van der Waals surface area contributed by atoms with Crippen molar-refractivity contribution >= 4 is 39.8 Å². The molecule has 2 atom stereocenters. The van der Waals surface area contributed by atoms with E-state index in [0.29, 0.717) is 18.9 Å². The Bertz CT molecular complexity index is 768. The van der Waals surface area contributed by atoms with Crippen molar-refractivity contribution in [1.29, 1.82) is 0 Å². The second-order valence-electron chi connectivity index (χ2n) is 7.62. The minimum Gasteiger partial charge on any atom is -0.497 e. The molecule has 0 spiro atoms. The average molecular weight is 569 g/mol. The minimum absolute atomic E-state index is 0. The van der Waals surface area contributed by atoms with Gasteiger partial charge in [0, 0.05) is 31.9 Å². The number of morpholine rings is 1. The molecule has 1 aromatic rings. The van der Waals surface area contributed by atoms with Gasteiger partial charge >= 0.3 is 0 Å². The van der Waals surface area contributed by atoms with Gasteiger partial charge in [0.1, 0.15) is 15.6 Å². The Morgan fingerprint density at radius 3 is 2.45 bits per heavy atom. The maximum absolute atomic E-state index is 11.4. The summed E-state index contributed by atoms with van der Waals surface area (Å²) >= 11 is 0. The normalized spacial score (nSPS) is 17.4.